The lowest BCUT2D eigenvalue weighted by Crippen LogP contribution is -2.51. The van der Waals surface area contributed by atoms with E-state index in [1.807, 2.05) is 50.2 Å². The summed E-state index contributed by atoms with van der Waals surface area (Å²) < 4.78 is 33.3. The molecule has 12 N–H and O–H groups in total. The number of hydrogen-bond donors (Lipinski definition) is 12. The van der Waals surface area contributed by atoms with Gasteiger partial charge in [-0.05, 0) is 162 Å². The van der Waals surface area contributed by atoms with E-state index in [-0.39, 0.29) is 117 Å². The zero-order chi connectivity index (χ0) is 96.4. The Bertz CT molecular complexity index is 6980. The van der Waals surface area contributed by atoms with Crippen LogP contribution in [0.15, 0.2) is 227 Å². The van der Waals surface area contributed by atoms with Crippen molar-refractivity contribution >= 4 is 115 Å². The molecule has 44 nitrogen and oxygen atoms in total. The summed E-state index contributed by atoms with van der Waals surface area (Å²) in [7, 11) is 13.6. The number of carbonyl (C=O) groups is 4. The molecule has 44 heteroatoms. The number of ether oxygens (including phenoxy) is 4. The quantitative estimate of drug-likeness (QED) is 0.0218. The van der Waals surface area contributed by atoms with Crippen molar-refractivity contribution in [1.29, 1.82) is 0 Å². The predicted octanol–water partition coefficient (Wildman–Crippen LogP) is 8.49. The van der Waals surface area contributed by atoms with Gasteiger partial charge in [0, 0.05) is 129 Å². The summed E-state index contributed by atoms with van der Waals surface area (Å²) in [6.45, 7) is 3.77. The number of pyridine rings is 8. The average Bonchev–Trinajstić information content (AvgIpc) is 1.63. The molecule has 4 fully saturated rings. The third-order valence-corrected chi connectivity index (χ3v) is 24.2. The second-order valence-electron chi connectivity index (χ2n) is 32.6. The van der Waals surface area contributed by atoms with Crippen LogP contribution in [0.3, 0.4) is 0 Å². The molecule has 16 aromatic rings. The summed E-state index contributed by atoms with van der Waals surface area (Å²) in [5.74, 6) is 1.37. The zero-order valence-corrected chi connectivity index (χ0v) is 76.7. The first-order valence-corrected chi connectivity index (χ1v) is 44.4. The third kappa shape index (κ3) is 19.6. The van der Waals surface area contributed by atoms with E-state index in [4.69, 9.17) is 18.9 Å². The van der Waals surface area contributed by atoms with Crippen molar-refractivity contribution in [3.05, 3.63) is 283 Å². The van der Waals surface area contributed by atoms with Gasteiger partial charge in [-0.1, -0.05) is 12.1 Å². The Morgan fingerprint density at radius 1 is 0.304 bits per heavy atom. The molecule has 0 bridgehead atoms. The van der Waals surface area contributed by atoms with Crippen LogP contribution in [0.25, 0.3) is 45.6 Å². The SMILES string of the molecule is CNc1cc(Nc2cccn(-c3ccc(C)nc3)c2=O)nn2c(C(=O)N[C@@H]3CC[C@H]3OC)cnc12.CNc1cc(Nc2cccn(-c3ccc(C)nc3)c2=O)nn2c(C(=O)N[C@H]3CC[C@@H]3OC)cnc12.CNc1cc(Nc2cccn(-c3ccccn3)c2=O)nn2c(C(=O)N[C@@H]3CC[C@H]3OC)cnc12.CNc1cc(Nc2cccn(-c3ccccn3)c2=O)nn2c(C(=O)N[C@H]3CC[C@@H]3OC)cnc12. The maximum Gasteiger partial charge on any atom is 0.279 e. The van der Waals surface area contributed by atoms with Crippen LogP contribution in [-0.4, -0.2) is 225 Å². The number of methoxy groups -OCH3 is 4. The zero-order valence-electron chi connectivity index (χ0n) is 76.7. The highest BCUT2D eigenvalue weighted by Crippen LogP contribution is 2.32. The van der Waals surface area contributed by atoms with Gasteiger partial charge in [-0.15, -0.1) is 20.4 Å². The van der Waals surface area contributed by atoms with Gasteiger partial charge in [0.2, 0.25) is 0 Å². The highest BCUT2D eigenvalue weighted by atomic mass is 16.5. The summed E-state index contributed by atoms with van der Waals surface area (Å²) in [6, 6.07) is 38.5. The number of amides is 4. The Hall–Kier alpha value is -17.0. The van der Waals surface area contributed by atoms with E-state index in [0.29, 0.717) is 114 Å². The van der Waals surface area contributed by atoms with Crippen molar-refractivity contribution in [2.45, 2.75) is 114 Å². The highest BCUT2D eigenvalue weighted by molar-refractivity contribution is 5.97. The van der Waals surface area contributed by atoms with Gasteiger partial charge in [0.25, 0.3) is 45.9 Å². The van der Waals surface area contributed by atoms with Gasteiger partial charge in [0.05, 0.1) is 120 Å². The Balaban J connectivity index is 0.000000127. The summed E-state index contributed by atoms with van der Waals surface area (Å²) in [5.41, 5.74) is 8.96. The standard InChI is InChI=1S/2C24H26N8O3.2C23H24N8O3/c2*1-14-6-7-15(12-26-14)31-10-4-5-17(24(31)34)28-21-11-18(25-2)22-27-13-19(32(22)30-21)23(33)29-16-8-9-20(16)35-3;2*1-24-16-12-19(27-15-6-5-11-30(23(15)33)20-7-3-4-10-25-20)29-31-17(13-26-21(16)31)22(32)28-14-8-9-18(14)34-2/h2*4-7,10-13,16,20,25H,8-9H2,1-3H3,(H,28,30)(H,29,33);2*3-7,10-14,18,24H,8-9H2,1-2H3,(H,27,29)(H,28,32)/t2*16-,20-;2*14-,18-/m1010/s1. The Labute approximate surface area is 786 Å². The second-order valence-corrected chi connectivity index (χ2v) is 32.6. The first-order chi connectivity index (χ1) is 67.1. The van der Waals surface area contributed by atoms with Crippen LogP contribution < -0.4 is 86.0 Å². The molecule has 138 heavy (non-hydrogen) atoms. The van der Waals surface area contributed by atoms with Crippen LogP contribution in [0.1, 0.15) is 105 Å². The first kappa shape index (κ1) is 92.8. The van der Waals surface area contributed by atoms with Crippen molar-refractivity contribution < 1.29 is 38.1 Å². The van der Waals surface area contributed by atoms with Gasteiger partial charge >= 0.3 is 0 Å². The number of aryl methyl sites for hydroxylation is 2. The Morgan fingerprint density at radius 3 is 0.797 bits per heavy atom. The maximum absolute atomic E-state index is 13.2. The molecule has 0 saturated heterocycles. The normalized spacial score (nSPS) is 17.2. The van der Waals surface area contributed by atoms with Gasteiger partial charge in [-0.3, -0.25) is 66.6 Å². The van der Waals surface area contributed by atoms with Crippen LogP contribution in [0.2, 0.25) is 0 Å². The monoisotopic (exact) mass is 1870 g/mol. The first-order valence-electron chi connectivity index (χ1n) is 44.4. The lowest BCUT2D eigenvalue weighted by Gasteiger charge is -2.35. The number of fused-ring (bicyclic) bond motifs is 4. The number of imidazole rings is 4. The average molecular weight is 1870 g/mol. The summed E-state index contributed by atoms with van der Waals surface area (Å²) >= 11 is 0. The van der Waals surface area contributed by atoms with Crippen molar-refractivity contribution in [3.63, 3.8) is 0 Å². The number of aromatic nitrogens is 20. The van der Waals surface area contributed by atoms with E-state index in [2.05, 4.69) is 124 Å². The fourth-order valence-electron chi connectivity index (χ4n) is 16.0. The largest absolute Gasteiger partial charge is 0.385 e. The molecule has 708 valence electrons. The van der Waals surface area contributed by atoms with Crippen molar-refractivity contribution in [2.75, 3.05) is 99.2 Å². The number of nitrogens with zero attached hydrogens (tertiary/aromatic N) is 20. The molecule has 0 spiro atoms. The van der Waals surface area contributed by atoms with Crippen LogP contribution in [0.5, 0.6) is 0 Å². The molecule has 16 aromatic heterocycles. The molecule has 4 aliphatic carbocycles. The topological polar surface area (TPSA) is 510 Å². The fourth-order valence-corrected chi connectivity index (χ4v) is 16.0. The van der Waals surface area contributed by atoms with Gasteiger partial charge in [-0.25, -0.2) is 48.0 Å². The van der Waals surface area contributed by atoms with E-state index < -0.39 is 0 Å². The van der Waals surface area contributed by atoms with Gasteiger partial charge < -0.3 is 82.7 Å². The Morgan fingerprint density at radius 2 is 0.572 bits per heavy atom. The molecule has 8 atom stereocenters. The predicted molar refractivity (Wildman–Crippen MR) is 517 cm³/mol. The molecule has 16 heterocycles. The van der Waals surface area contributed by atoms with Crippen molar-refractivity contribution in [3.8, 4) is 23.0 Å². The minimum absolute atomic E-state index is 0.0140. The molecular formula is C94H100N32O12. The highest BCUT2D eigenvalue weighted by Gasteiger charge is 2.38. The lowest BCUT2D eigenvalue weighted by molar-refractivity contribution is 0.00717. The van der Waals surface area contributed by atoms with Gasteiger partial charge in [0.15, 0.2) is 68.6 Å². The molecule has 4 aliphatic rings. The number of rotatable bonds is 28. The van der Waals surface area contributed by atoms with Gasteiger partial charge in [-0.2, -0.15) is 0 Å². The lowest BCUT2D eigenvalue weighted by atomic mass is 9.89. The third-order valence-electron chi connectivity index (χ3n) is 24.2. The Kier molecular flexibility index (Phi) is 27.7. The smallest absolute Gasteiger partial charge is 0.279 e. The molecule has 4 saturated carbocycles. The minimum Gasteiger partial charge on any atom is -0.385 e. The van der Waals surface area contributed by atoms with Crippen LogP contribution in [0, 0.1) is 13.8 Å². The van der Waals surface area contributed by atoms with Crippen LogP contribution >= 0.6 is 0 Å². The number of carbonyl (C=O) groups excluding carboxylic acids is 4. The van der Waals surface area contributed by atoms with E-state index in [0.717, 1.165) is 62.8 Å². The summed E-state index contributed by atoms with van der Waals surface area (Å²) in [5, 5.41) is 54.8. The van der Waals surface area contributed by atoms with Crippen LogP contribution in [0.4, 0.5) is 68.8 Å². The van der Waals surface area contributed by atoms with E-state index in [1.165, 1.54) is 61.1 Å². The van der Waals surface area contributed by atoms with E-state index in [9.17, 15) is 38.4 Å². The number of anilines is 12. The van der Waals surface area contributed by atoms with E-state index >= 15 is 0 Å². The summed E-state index contributed by atoms with van der Waals surface area (Å²) in [4.78, 5) is 139. The van der Waals surface area contributed by atoms with Crippen molar-refractivity contribution in [1.82, 2.24) is 118 Å². The molecular weight excluding hydrogens is 1770 g/mol. The maximum atomic E-state index is 13.2. The minimum atomic E-state index is -0.289. The van der Waals surface area contributed by atoms with Crippen LogP contribution in [-0.2, 0) is 18.9 Å². The second kappa shape index (κ2) is 41.2. The molecule has 4 amide bonds. The van der Waals surface area contributed by atoms with E-state index in [1.54, 1.807) is 203 Å². The molecule has 0 radical (unpaired) electrons. The fraction of sp³-hybridized carbons (Fsp3) is 0.277. The van der Waals surface area contributed by atoms with Crippen molar-refractivity contribution in [2.24, 2.45) is 0 Å². The molecule has 0 aliphatic heterocycles. The molecule has 0 unspecified atom stereocenters. The summed E-state index contributed by atoms with van der Waals surface area (Å²) in [6.07, 6.45) is 26.3. The number of nitrogens with one attached hydrogen (secondary N) is 12. The molecule has 20 rings (SSSR count). The number of hydrogen-bond acceptors (Lipinski definition) is 32. The molecule has 0 aromatic carbocycles. The van der Waals surface area contributed by atoms with Gasteiger partial charge in [0.1, 0.15) is 34.4 Å².